The standard InChI is InChI=1S/C50H96O6/c1-6-8-9-10-11-12-20-26-32-37-42-50(53)56-47(44-55-49(52)41-36-31-27-22-23-28-33-38-45(3)4)43-54-48(51)40-35-30-25-21-18-16-14-13-15-17-19-24-29-34-39-46(5)7-2/h45-47H,6-44H2,1-5H3/t46?,47-/m0/s1. The molecule has 0 fully saturated rings. The molecule has 0 aromatic heterocycles. The average Bonchev–Trinajstić information content (AvgIpc) is 3.18. The van der Waals surface area contributed by atoms with E-state index in [-0.39, 0.29) is 31.1 Å². The Balaban J connectivity index is 4.24. The van der Waals surface area contributed by atoms with Gasteiger partial charge in [-0.15, -0.1) is 0 Å². The van der Waals surface area contributed by atoms with Crippen LogP contribution in [0.2, 0.25) is 0 Å². The maximum Gasteiger partial charge on any atom is 0.306 e. The molecule has 0 aliphatic heterocycles. The summed E-state index contributed by atoms with van der Waals surface area (Å²) < 4.78 is 16.7. The summed E-state index contributed by atoms with van der Waals surface area (Å²) in [5.74, 6) is 0.822. The first-order valence-electron chi connectivity index (χ1n) is 24.8. The van der Waals surface area contributed by atoms with E-state index in [1.807, 2.05) is 0 Å². The van der Waals surface area contributed by atoms with E-state index in [0.29, 0.717) is 19.3 Å². The number of rotatable bonds is 44. The Morgan fingerprint density at radius 1 is 0.375 bits per heavy atom. The van der Waals surface area contributed by atoms with Gasteiger partial charge < -0.3 is 14.2 Å². The molecule has 0 spiro atoms. The van der Waals surface area contributed by atoms with E-state index in [1.54, 1.807) is 0 Å². The van der Waals surface area contributed by atoms with Gasteiger partial charge in [-0.05, 0) is 31.1 Å². The fraction of sp³-hybridized carbons (Fsp3) is 0.940. The molecule has 0 N–H and O–H groups in total. The van der Waals surface area contributed by atoms with Gasteiger partial charge in [-0.2, -0.15) is 0 Å². The third-order valence-corrected chi connectivity index (χ3v) is 11.6. The molecule has 1 unspecified atom stereocenters. The lowest BCUT2D eigenvalue weighted by atomic mass is 9.99. The lowest BCUT2D eigenvalue weighted by Crippen LogP contribution is -2.30. The van der Waals surface area contributed by atoms with Crippen LogP contribution in [0.5, 0.6) is 0 Å². The van der Waals surface area contributed by atoms with Crippen LogP contribution >= 0.6 is 0 Å². The van der Waals surface area contributed by atoms with Gasteiger partial charge in [-0.1, -0.05) is 234 Å². The maximum atomic E-state index is 12.7. The minimum Gasteiger partial charge on any atom is -0.462 e. The van der Waals surface area contributed by atoms with Crippen LogP contribution in [-0.2, 0) is 28.6 Å². The van der Waals surface area contributed by atoms with Gasteiger partial charge in [0.15, 0.2) is 6.10 Å². The van der Waals surface area contributed by atoms with E-state index in [1.165, 1.54) is 161 Å². The zero-order valence-electron chi connectivity index (χ0n) is 38.3. The first-order valence-corrected chi connectivity index (χ1v) is 24.8. The Morgan fingerprint density at radius 2 is 0.679 bits per heavy atom. The Kier molecular flexibility index (Phi) is 41.8. The molecule has 0 heterocycles. The van der Waals surface area contributed by atoms with Crippen molar-refractivity contribution in [2.75, 3.05) is 13.2 Å². The molecule has 332 valence electrons. The Bertz CT molecular complexity index is 856. The Hall–Kier alpha value is -1.59. The van der Waals surface area contributed by atoms with Crippen molar-refractivity contribution in [3.05, 3.63) is 0 Å². The molecule has 0 amide bonds. The number of ether oxygens (including phenoxy) is 3. The first-order chi connectivity index (χ1) is 27.3. The molecule has 6 heteroatoms. The molecule has 0 aliphatic rings. The fourth-order valence-electron chi connectivity index (χ4n) is 7.43. The van der Waals surface area contributed by atoms with Gasteiger partial charge in [0.2, 0.25) is 0 Å². The largest absolute Gasteiger partial charge is 0.462 e. The summed E-state index contributed by atoms with van der Waals surface area (Å²) in [6.45, 7) is 11.3. The van der Waals surface area contributed by atoms with Crippen molar-refractivity contribution in [1.29, 1.82) is 0 Å². The van der Waals surface area contributed by atoms with Crippen LogP contribution in [0.4, 0.5) is 0 Å². The second-order valence-electron chi connectivity index (χ2n) is 17.8. The van der Waals surface area contributed by atoms with Gasteiger partial charge in [0.1, 0.15) is 13.2 Å². The van der Waals surface area contributed by atoms with Crippen molar-refractivity contribution in [2.24, 2.45) is 11.8 Å². The molecule has 0 radical (unpaired) electrons. The highest BCUT2D eigenvalue weighted by molar-refractivity contribution is 5.71. The minimum absolute atomic E-state index is 0.0646. The predicted octanol–water partition coefficient (Wildman–Crippen LogP) is 15.8. The van der Waals surface area contributed by atoms with Crippen LogP contribution in [0.25, 0.3) is 0 Å². The predicted molar refractivity (Wildman–Crippen MR) is 238 cm³/mol. The third-order valence-electron chi connectivity index (χ3n) is 11.6. The summed E-state index contributed by atoms with van der Waals surface area (Å²) in [4.78, 5) is 37.8. The molecular formula is C50H96O6. The van der Waals surface area contributed by atoms with E-state index in [0.717, 1.165) is 69.6 Å². The van der Waals surface area contributed by atoms with Crippen LogP contribution in [-0.4, -0.2) is 37.2 Å². The molecule has 0 aromatic carbocycles. The monoisotopic (exact) mass is 793 g/mol. The molecule has 0 saturated heterocycles. The number of hydrogen-bond donors (Lipinski definition) is 0. The molecule has 0 bridgehead atoms. The second-order valence-corrected chi connectivity index (χ2v) is 17.8. The van der Waals surface area contributed by atoms with E-state index < -0.39 is 6.10 Å². The number of carbonyl (C=O) groups is 3. The molecule has 0 aromatic rings. The van der Waals surface area contributed by atoms with Crippen LogP contribution < -0.4 is 0 Å². The van der Waals surface area contributed by atoms with Crippen LogP contribution in [0.15, 0.2) is 0 Å². The van der Waals surface area contributed by atoms with E-state index in [2.05, 4.69) is 34.6 Å². The molecular weight excluding hydrogens is 697 g/mol. The van der Waals surface area contributed by atoms with Gasteiger partial charge in [0.05, 0.1) is 0 Å². The maximum absolute atomic E-state index is 12.7. The topological polar surface area (TPSA) is 78.9 Å². The summed E-state index contributed by atoms with van der Waals surface area (Å²) in [6.07, 6.45) is 42.3. The van der Waals surface area contributed by atoms with Crippen LogP contribution in [0, 0.1) is 11.8 Å². The summed E-state index contributed by atoms with van der Waals surface area (Å²) >= 11 is 0. The number of carbonyl (C=O) groups excluding carboxylic acids is 3. The Labute approximate surface area is 348 Å². The van der Waals surface area contributed by atoms with Crippen molar-refractivity contribution in [2.45, 2.75) is 278 Å². The molecule has 0 aliphatic carbocycles. The smallest absolute Gasteiger partial charge is 0.306 e. The summed E-state index contributed by atoms with van der Waals surface area (Å²) in [6, 6.07) is 0. The summed E-state index contributed by atoms with van der Waals surface area (Å²) in [7, 11) is 0. The van der Waals surface area contributed by atoms with Gasteiger partial charge in [-0.3, -0.25) is 14.4 Å². The van der Waals surface area contributed by atoms with Gasteiger partial charge in [0, 0.05) is 19.3 Å². The zero-order valence-corrected chi connectivity index (χ0v) is 38.3. The minimum atomic E-state index is -0.760. The SMILES string of the molecule is CCCCCCCCCCCCC(=O)O[C@@H](COC(=O)CCCCCCCCCCCCCCCCC(C)CC)COC(=O)CCCCCCCCCC(C)C. The van der Waals surface area contributed by atoms with Crippen molar-refractivity contribution >= 4 is 17.9 Å². The Morgan fingerprint density at radius 3 is 1.02 bits per heavy atom. The van der Waals surface area contributed by atoms with Crippen molar-refractivity contribution < 1.29 is 28.6 Å². The molecule has 56 heavy (non-hydrogen) atoms. The normalized spacial score (nSPS) is 12.5. The second kappa shape index (κ2) is 43.0. The lowest BCUT2D eigenvalue weighted by Gasteiger charge is -2.18. The summed E-state index contributed by atoms with van der Waals surface area (Å²) in [5, 5.41) is 0. The first kappa shape index (κ1) is 54.4. The van der Waals surface area contributed by atoms with E-state index >= 15 is 0 Å². The van der Waals surface area contributed by atoms with Crippen molar-refractivity contribution in [3.8, 4) is 0 Å². The highest BCUT2D eigenvalue weighted by Crippen LogP contribution is 2.17. The molecule has 2 atom stereocenters. The van der Waals surface area contributed by atoms with Crippen LogP contribution in [0.1, 0.15) is 272 Å². The van der Waals surface area contributed by atoms with Crippen LogP contribution in [0.3, 0.4) is 0 Å². The highest BCUT2D eigenvalue weighted by atomic mass is 16.6. The lowest BCUT2D eigenvalue weighted by molar-refractivity contribution is -0.167. The fourth-order valence-corrected chi connectivity index (χ4v) is 7.43. The number of esters is 3. The highest BCUT2D eigenvalue weighted by Gasteiger charge is 2.19. The third kappa shape index (κ3) is 42.0. The summed E-state index contributed by atoms with van der Waals surface area (Å²) in [5.41, 5.74) is 0. The van der Waals surface area contributed by atoms with Crippen molar-refractivity contribution in [3.63, 3.8) is 0 Å². The number of unbranched alkanes of at least 4 members (excludes halogenated alkanes) is 28. The quantitative estimate of drug-likeness (QED) is 0.0347. The zero-order chi connectivity index (χ0) is 41.2. The van der Waals surface area contributed by atoms with E-state index in [4.69, 9.17) is 14.2 Å². The van der Waals surface area contributed by atoms with E-state index in [9.17, 15) is 14.4 Å². The molecule has 0 saturated carbocycles. The molecule has 6 nitrogen and oxygen atoms in total. The number of hydrogen-bond acceptors (Lipinski definition) is 6. The van der Waals surface area contributed by atoms with Gasteiger partial charge in [-0.25, -0.2) is 0 Å². The molecule has 0 rings (SSSR count). The average molecular weight is 793 g/mol. The van der Waals surface area contributed by atoms with Gasteiger partial charge >= 0.3 is 17.9 Å². The van der Waals surface area contributed by atoms with Crippen molar-refractivity contribution in [1.82, 2.24) is 0 Å². The van der Waals surface area contributed by atoms with Gasteiger partial charge in [0.25, 0.3) is 0 Å².